The Labute approximate surface area is 93.2 Å². The standard InChI is InChI=1S/C10H18F3NO2/c1-4-14(5-7(2)3)6-8(9(15)16)10(11,12)13/h7-8H,4-6H2,1-3H3,(H,15,16). The van der Waals surface area contributed by atoms with Crippen molar-refractivity contribution in [2.24, 2.45) is 11.8 Å². The molecule has 96 valence electrons. The average molecular weight is 241 g/mol. The quantitative estimate of drug-likeness (QED) is 0.775. The Hall–Kier alpha value is -0.780. The van der Waals surface area contributed by atoms with Crippen molar-refractivity contribution in [1.29, 1.82) is 0 Å². The van der Waals surface area contributed by atoms with Crippen LogP contribution >= 0.6 is 0 Å². The van der Waals surface area contributed by atoms with E-state index in [9.17, 15) is 18.0 Å². The average Bonchev–Trinajstić information content (AvgIpc) is 2.08. The summed E-state index contributed by atoms with van der Waals surface area (Å²) in [4.78, 5) is 12.0. The van der Waals surface area contributed by atoms with E-state index in [-0.39, 0.29) is 5.92 Å². The molecule has 1 N–H and O–H groups in total. The Morgan fingerprint density at radius 1 is 1.31 bits per heavy atom. The van der Waals surface area contributed by atoms with Gasteiger partial charge in [0.05, 0.1) is 0 Å². The maximum atomic E-state index is 12.4. The van der Waals surface area contributed by atoms with Crippen molar-refractivity contribution in [1.82, 2.24) is 4.90 Å². The van der Waals surface area contributed by atoms with Crippen molar-refractivity contribution in [3.8, 4) is 0 Å². The van der Waals surface area contributed by atoms with Crippen LogP contribution in [0.1, 0.15) is 20.8 Å². The maximum absolute atomic E-state index is 12.4. The first-order valence-electron chi connectivity index (χ1n) is 5.20. The smallest absolute Gasteiger partial charge is 0.403 e. The maximum Gasteiger partial charge on any atom is 0.403 e. The highest BCUT2D eigenvalue weighted by Gasteiger charge is 2.45. The second-order valence-corrected chi connectivity index (χ2v) is 4.18. The summed E-state index contributed by atoms with van der Waals surface area (Å²) in [6.07, 6.45) is -4.68. The van der Waals surface area contributed by atoms with Crippen molar-refractivity contribution in [3.05, 3.63) is 0 Å². The predicted molar refractivity (Wildman–Crippen MR) is 54.1 cm³/mol. The molecular formula is C10H18F3NO2. The van der Waals surface area contributed by atoms with Crippen LogP contribution in [0.5, 0.6) is 0 Å². The second-order valence-electron chi connectivity index (χ2n) is 4.18. The summed E-state index contributed by atoms with van der Waals surface area (Å²) >= 11 is 0. The number of halogens is 3. The molecule has 6 heteroatoms. The molecule has 0 rings (SSSR count). The lowest BCUT2D eigenvalue weighted by molar-refractivity contribution is -0.196. The van der Waals surface area contributed by atoms with Gasteiger partial charge < -0.3 is 10.0 Å². The van der Waals surface area contributed by atoms with Gasteiger partial charge in [-0.2, -0.15) is 13.2 Å². The Morgan fingerprint density at radius 3 is 2.06 bits per heavy atom. The van der Waals surface area contributed by atoms with E-state index in [4.69, 9.17) is 5.11 Å². The van der Waals surface area contributed by atoms with Crippen molar-refractivity contribution < 1.29 is 23.1 Å². The topological polar surface area (TPSA) is 40.5 Å². The van der Waals surface area contributed by atoms with E-state index in [0.717, 1.165) is 0 Å². The van der Waals surface area contributed by atoms with E-state index in [1.807, 2.05) is 13.8 Å². The number of alkyl halides is 3. The Balaban J connectivity index is 4.54. The first-order valence-corrected chi connectivity index (χ1v) is 5.20. The molecule has 0 aliphatic rings. The van der Waals surface area contributed by atoms with Gasteiger partial charge in [0.15, 0.2) is 5.92 Å². The van der Waals surface area contributed by atoms with Crippen LogP contribution in [0.2, 0.25) is 0 Å². The van der Waals surface area contributed by atoms with Crippen LogP contribution in [0.25, 0.3) is 0 Å². The Bertz CT molecular complexity index is 229. The molecule has 0 fully saturated rings. The van der Waals surface area contributed by atoms with Crippen LogP contribution in [0.15, 0.2) is 0 Å². The third-order valence-corrected chi connectivity index (χ3v) is 2.20. The van der Waals surface area contributed by atoms with Crippen LogP contribution < -0.4 is 0 Å². The fourth-order valence-corrected chi connectivity index (χ4v) is 1.43. The number of aliphatic carboxylic acids is 1. The SMILES string of the molecule is CCN(CC(C)C)CC(C(=O)O)C(F)(F)F. The molecule has 0 aromatic rings. The molecule has 0 saturated heterocycles. The minimum Gasteiger partial charge on any atom is -0.481 e. The van der Waals surface area contributed by atoms with Crippen molar-refractivity contribution in [2.75, 3.05) is 19.6 Å². The van der Waals surface area contributed by atoms with E-state index in [2.05, 4.69) is 0 Å². The molecule has 0 spiro atoms. The van der Waals surface area contributed by atoms with E-state index < -0.39 is 24.6 Å². The Morgan fingerprint density at radius 2 is 1.81 bits per heavy atom. The summed E-state index contributed by atoms with van der Waals surface area (Å²) in [6.45, 7) is 5.89. The van der Waals surface area contributed by atoms with Crippen LogP contribution in [-0.4, -0.2) is 41.8 Å². The summed E-state index contributed by atoms with van der Waals surface area (Å²) in [7, 11) is 0. The number of hydrogen-bond acceptors (Lipinski definition) is 2. The van der Waals surface area contributed by atoms with Gasteiger partial charge in [-0.05, 0) is 12.5 Å². The van der Waals surface area contributed by atoms with Gasteiger partial charge >= 0.3 is 12.1 Å². The zero-order valence-electron chi connectivity index (χ0n) is 9.71. The first-order chi connectivity index (χ1) is 7.18. The van der Waals surface area contributed by atoms with Crippen LogP contribution in [0.4, 0.5) is 13.2 Å². The molecule has 0 saturated carbocycles. The molecule has 1 unspecified atom stereocenters. The lowest BCUT2D eigenvalue weighted by Crippen LogP contribution is -2.42. The highest BCUT2D eigenvalue weighted by atomic mass is 19.4. The fraction of sp³-hybridized carbons (Fsp3) is 0.900. The summed E-state index contributed by atoms with van der Waals surface area (Å²) in [5.41, 5.74) is 0. The van der Waals surface area contributed by atoms with Gasteiger partial charge in [0.1, 0.15) is 0 Å². The predicted octanol–water partition coefficient (Wildman–Crippen LogP) is 2.23. The third-order valence-electron chi connectivity index (χ3n) is 2.20. The molecule has 0 aliphatic carbocycles. The summed E-state index contributed by atoms with van der Waals surface area (Å²) in [5, 5.41) is 8.54. The van der Waals surface area contributed by atoms with Gasteiger partial charge in [0.25, 0.3) is 0 Å². The molecule has 0 aliphatic heterocycles. The zero-order chi connectivity index (χ0) is 12.9. The number of carbonyl (C=O) groups is 1. The molecule has 0 radical (unpaired) electrons. The third kappa shape index (κ3) is 5.34. The highest BCUT2D eigenvalue weighted by molar-refractivity contribution is 5.71. The summed E-state index contributed by atoms with van der Waals surface area (Å²) in [6, 6.07) is 0. The number of carboxylic acids is 1. The lowest BCUT2D eigenvalue weighted by Gasteiger charge is -2.26. The largest absolute Gasteiger partial charge is 0.481 e. The van der Waals surface area contributed by atoms with E-state index in [1.165, 1.54) is 4.90 Å². The Kier molecular flexibility index (Phi) is 5.78. The zero-order valence-corrected chi connectivity index (χ0v) is 9.71. The highest BCUT2D eigenvalue weighted by Crippen LogP contribution is 2.27. The molecule has 16 heavy (non-hydrogen) atoms. The second kappa shape index (κ2) is 6.08. The molecule has 0 aromatic carbocycles. The number of nitrogens with zero attached hydrogens (tertiary/aromatic N) is 1. The lowest BCUT2D eigenvalue weighted by atomic mass is 10.1. The fourth-order valence-electron chi connectivity index (χ4n) is 1.43. The number of hydrogen-bond donors (Lipinski definition) is 1. The van der Waals surface area contributed by atoms with Gasteiger partial charge in [0.2, 0.25) is 0 Å². The summed E-state index contributed by atoms with van der Waals surface area (Å²) < 4.78 is 37.2. The van der Waals surface area contributed by atoms with Crippen LogP contribution in [0, 0.1) is 11.8 Å². The number of rotatable bonds is 6. The van der Waals surface area contributed by atoms with Crippen molar-refractivity contribution in [2.45, 2.75) is 26.9 Å². The molecule has 3 nitrogen and oxygen atoms in total. The summed E-state index contributed by atoms with van der Waals surface area (Å²) in [5.74, 6) is -3.90. The molecule has 0 bridgehead atoms. The van der Waals surface area contributed by atoms with Crippen molar-refractivity contribution in [3.63, 3.8) is 0 Å². The molecule has 0 amide bonds. The molecule has 1 atom stereocenters. The van der Waals surface area contributed by atoms with E-state index >= 15 is 0 Å². The molecule has 0 heterocycles. The van der Waals surface area contributed by atoms with Gasteiger partial charge in [-0.1, -0.05) is 20.8 Å². The van der Waals surface area contributed by atoms with E-state index in [0.29, 0.717) is 13.1 Å². The van der Waals surface area contributed by atoms with Gasteiger partial charge in [-0.25, -0.2) is 0 Å². The van der Waals surface area contributed by atoms with Gasteiger partial charge in [-0.15, -0.1) is 0 Å². The van der Waals surface area contributed by atoms with Crippen LogP contribution in [-0.2, 0) is 4.79 Å². The van der Waals surface area contributed by atoms with Gasteiger partial charge in [0, 0.05) is 13.1 Å². The number of carboxylic acid groups (broad SMARTS) is 1. The monoisotopic (exact) mass is 241 g/mol. The molecular weight excluding hydrogens is 223 g/mol. The minimum absolute atomic E-state index is 0.211. The minimum atomic E-state index is -4.68. The van der Waals surface area contributed by atoms with E-state index in [1.54, 1.807) is 6.92 Å². The van der Waals surface area contributed by atoms with Crippen LogP contribution in [0.3, 0.4) is 0 Å². The van der Waals surface area contributed by atoms with Crippen molar-refractivity contribution >= 4 is 5.97 Å². The molecule has 0 aromatic heterocycles. The normalized spacial score (nSPS) is 14.5. The first kappa shape index (κ1) is 15.2. The van der Waals surface area contributed by atoms with Gasteiger partial charge in [-0.3, -0.25) is 4.79 Å².